The zero-order valence-corrected chi connectivity index (χ0v) is 25.0. The van der Waals surface area contributed by atoms with E-state index in [1.807, 2.05) is 79.7 Å². The normalized spacial score (nSPS) is 13.7. The minimum Gasteiger partial charge on any atom is -0.497 e. The Morgan fingerprint density at radius 1 is 0.889 bits per heavy atom. The number of aryl methyl sites for hydroxylation is 1. The summed E-state index contributed by atoms with van der Waals surface area (Å²) in [6, 6.07) is 23.2. The van der Waals surface area contributed by atoms with Crippen LogP contribution in [-0.2, 0) is 11.4 Å². The second-order valence-corrected chi connectivity index (χ2v) is 10.2. The van der Waals surface area contributed by atoms with Gasteiger partial charge < -0.3 is 23.8 Å². The molecule has 6 aromatic rings. The van der Waals surface area contributed by atoms with Crippen LogP contribution in [0.5, 0.6) is 29.0 Å². The lowest BCUT2D eigenvalue weighted by molar-refractivity contribution is 0.126. The second-order valence-electron chi connectivity index (χ2n) is 10.2. The Labute approximate surface area is 258 Å². The van der Waals surface area contributed by atoms with Crippen LogP contribution in [0.1, 0.15) is 39.7 Å². The summed E-state index contributed by atoms with van der Waals surface area (Å²) in [7, 11) is 4.85. The number of para-hydroxylation sites is 1. The van der Waals surface area contributed by atoms with Gasteiger partial charge in [-0.1, -0.05) is 29.4 Å². The second kappa shape index (κ2) is 11.6. The molecule has 3 aromatic carbocycles. The predicted molar refractivity (Wildman–Crippen MR) is 165 cm³/mol. The number of aromatic nitrogens is 6. The lowest BCUT2D eigenvalue weighted by Gasteiger charge is -2.26. The fourth-order valence-electron chi connectivity index (χ4n) is 5.48. The molecule has 12 heteroatoms. The maximum absolute atomic E-state index is 6.51. The van der Waals surface area contributed by atoms with Gasteiger partial charge in [-0.15, -0.1) is 5.10 Å². The van der Waals surface area contributed by atoms with E-state index in [0.717, 1.165) is 39.4 Å². The number of ether oxygens (including phenoxy) is 4. The van der Waals surface area contributed by atoms with Crippen molar-refractivity contribution in [3.63, 3.8) is 0 Å². The predicted octanol–water partition coefficient (Wildman–Crippen LogP) is 5.48. The molecule has 0 bridgehead atoms. The molecule has 1 aliphatic rings. The number of methoxy groups -OCH3 is 3. The number of oxime groups is 1. The molecule has 0 fully saturated rings. The van der Waals surface area contributed by atoms with Gasteiger partial charge in [-0.25, -0.2) is 19.2 Å². The zero-order valence-electron chi connectivity index (χ0n) is 25.0. The van der Waals surface area contributed by atoms with Gasteiger partial charge in [0.25, 0.3) is 0 Å². The van der Waals surface area contributed by atoms with Crippen LogP contribution >= 0.6 is 0 Å². The molecule has 45 heavy (non-hydrogen) atoms. The smallest absolute Gasteiger partial charge is 0.230 e. The quantitative estimate of drug-likeness (QED) is 0.156. The summed E-state index contributed by atoms with van der Waals surface area (Å²) >= 11 is 0. The fourth-order valence-corrected chi connectivity index (χ4v) is 5.48. The van der Waals surface area contributed by atoms with E-state index in [-0.39, 0.29) is 12.5 Å². The summed E-state index contributed by atoms with van der Waals surface area (Å²) < 4.78 is 26.3. The Kier molecular flexibility index (Phi) is 7.22. The van der Waals surface area contributed by atoms with Gasteiger partial charge in [0.2, 0.25) is 11.8 Å². The van der Waals surface area contributed by atoms with E-state index in [0.29, 0.717) is 34.7 Å². The van der Waals surface area contributed by atoms with Crippen LogP contribution in [0, 0.1) is 6.92 Å². The number of hydrogen-bond acceptors (Lipinski definition) is 10. The first-order chi connectivity index (χ1) is 22.1. The van der Waals surface area contributed by atoms with E-state index < -0.39 is 0 Å². The van der Waals surface area contributed by atoms with Crippen molar-refractivity contribution < 1.29 is 23.8 Å². The number of hydrogen-bond donors (Lipinski definition) is 0. The highest BCUT2D eigenvalue weighted by molar-refractivity contribution is 5.79. The Balaban J connectivity index is 1.30. The number of rotatable bonds is 9. The molecule has 0 amide bonds. The van der Waals surface area contributed by atoms with Crippen molar-refractivity contribution in [2.24, 2.45) is 5.16 Å². The third kappa shape index (κ3) is 5.05. The van der Waals surface area contributed by atoms with Crippen molar-refractivity contribution in [3.05, 3.63) is 113 Å². The molecule has 0 aliphatic carbocycles. The molecule has 4 heterocycles. The SMILES string of the molecule is COc1ccc(/C=N/OCc2nc3c4c(ncn3n2)Oc2c(c(C)nn2-c2ccccc2)C4c2ccc(OC)c(OC)c2)cc1. The monoisotopic (exact) mass is 603 g/mol. The van der Waals surface area contributed by atoms with Gasteiger partial charge in [0.05, 0.1) is 56.0 Å². The van der Waals surface area contributed by atoms with Crippen LogP contribution < -0.4 is 18.9 Å². The van der Waals surface area contributed by atoms with Crippen molar-refractivity contribution in [2.75, 3.05) is 21.3 Å². The van der Waals surface area contributed by atoms with Gasteiger partial charge >= 0.3 is 0 Å². The molecule has 1 unspecified atom stereocenters. The minimum atomic E-state index is -0.358. The first-order valence-corrected chi connectivity index (χ1v) is 14.2. The van der Waals surface area contributed by atoms with Crippen LogP contribution in [0.4, 0.5) is 0 Å². The molecule has 0 saturated carbocycles. The molecule has 0 saturated heterocycles. The first-order valence-electron chi connectivity index (χ1n) is 14.2. The van der Waals surface area contributed by atoms with E-state index in [2.05, 4.69) is 15.2 Å². The molecule has 1 atom stereocenters. The number of benzene rings is 3. The van der Waals surface area contributed by atoms with Crippen molar-refractivity contribution >= 4 is 11.9 Å². The molecule has 226 valence electrons. The Morgan fingerprint density at radius 3 is 2.44 bits per heavy atom. The maximum Gasteiger partial charge on any atom is 0.230 e. The van der Waals surface area contributed by atoms with Crippen LogP contribution in [0.25, 0.3) is 11.3 Å². The largest absolute Gasteiger partial charge is 0.497 e. The standard InChI is InChI=1S/C33H29N7O5/c1-20-28-29(22-12-15-25(42-3)26(16-22)43-4)30-31-36-27(18-44-35-17-21-10-13-24(41-2)14-11-21)38-39(31)19-34-32(30)45-33(28)40(37-20)23-8-6-5-7-9-23/h5-17,19,29H,18H2,1-4H3/b35-17+. The lowest BCUT2D eigenvalue weighted by Crippen LogP contribution is -2.16. The summed E-state index contributed by atoms with van der Waals surface area (Å²) in [5.41, 5.74) is 5.68. The average molecular weight is 604 g/mol. The molecule has 3 aromatic heterocycles. The van der Waals surface area contributed by atoms with Gasteiger partial charge in [-0.3, -0.25) is 0 Å². The lowest BCUT2D eigenvalue weighted by atomic mass is 9.84. The summed E-state index contributed by atoms with van der Waals surface area (Å²) in [4.78, 5) is 15.1. The topological polar surface area (TPSA) is 119 Å². The maximum atomic E-state index is 6.51. The van der Waals surface area contributed by atoms with E-state index in [1.165, 1.54) is 0 Å². The van der Waals surface area contributed by atoms with Gasteiger partial charge in [0.1, 0.15) is 12.1 Å². The van der Waals surface area contributed by atoms with Gasteiger partial charge in [-0.05, 0) is 66.6 Å². The van der Waals surface area contributed by atoms with Gasteiger partial charge in [0, 0.05) is 0 Å². The third-order valence-corrected chi connectivity index (χ3v) is 7.59. The van der Waals surface area contributed by atoms with Crippen LogP contribution in [0.15, 0.2) is 84.3 Å². The highest BCUT2D eigenvalue weighted by Crippen LogP contribution is 2.50. The molecule has 1 aliphatic heterocycles. The third-order valence-electron chi connectivity index (χ3n) is 7.59. The fraction of sp³-hybridized carbons (Fsp3) is 0.182. The summed E-state index contributed by atoms with van der Waals surface area (Å²) in [5.74, 6) is 3.06. The van der Waals surface area contributed by atoms with Gasteiger partial charge in [-0.2, -0.15) is 5.10 Å². The van der Waals surface area contributed by atoms with E-state index >= 15 is 0 Å². The van der Waals surface area contributed by atoms with E-state index in [1.54, 1.807) is 43.1 Å². The van der Waals surface area contributed by atoms with E-state index in [4.69, 9.17) is 33.9 Å². The van der Waals surface area contributed by atoms with Crippen LogP contribution in [0.3, 0.4) is 0 Å². The molecule has 12 nitrogen and oxygen atoms in total. The van der Waals surface area contributed by atoms with Crippen molar-refractivity contribution in [3.8, 4) is 34.7 Å². The highest BCUT2D eigenvalue weighted by Gasteiger charge is 2.38. The van der Waals surface area contributed by atoms with Gasteiger partial charge in [0.15, 0.2) is 29.6 Å². The first kappa shape index (κ1) is 27.9. The summed E-state index contributed by atoms with van der Waals surface area (Å²) in [5, 5.41) is 13.6. The molecular weight excluding hydrogens is 574 g/mol. The summed E-state index contributed by atoms with van der Waals surface area (Å²) in [6.07, 6.45) is 3.20. The van der Waals surface area contributed by atoms with Crippen molar-refractivity contribution in [1.29, 1.82) is 0 Å². The Bertz CT molecular complexity index is 2020. The van der Waals surface area contributed by atoms with Crippen LogP contribution in [-0.4, -0.2) is 56.9 Å². The molecular formula is C33H29N7O5. The van der Waals surface area contributed by atoms with E-state index in [9.17, 15) is 0 Å². The van der Waals surface area contributed by atoms with Crippen LogP contribution in [0.2, 0.25) is 0 Å². The Morgan fingerprint density at radius 2 is 1.69 bits per heavy atom. The van der Waals surface area contributed by atoms with Crippen molar-refractivity contribution in [2.45, 2.75) is 19.4 Å². The number of nitrogens with zero attached hydrogens (tertiary/aromatic N) is 7. The minimum absolute atomic E-state index is 0.0568. The zero-order chi connectivity index (χ0) is 30.9. The molecule has 0 radical (unpaired) electrons. The molecule has 0 N–H and O–H groups in total. The molecule has 0 spiro atoms. The summed E-state index contributed by atoms with van der Waals surface area (Å²) in [6.45, 7) is 2.03. The average Bonchev–Trinajstić information content (AvgIpc) is 3.66. The highest BCUT2D eigenvalue weighted by atomic mass is 16.6. The molecule has 7 rings (SSSR count). The Hall–Kier alpha value is -5.91. The van der Waals surface area contributed by atoms with Crippen molar-refractivity contribution in [1.82, 2.24) is 29.4 Å². The number of fused-ring (bicyclic) bond motifs is 4.